The Bertz CT molecular complexity index is 631. The van der Waals surface area contributed by atoms with Crippen LogP contribution in [0, 0.1) is 0 Å². The van der Waals surface area contributed by atoms with E-state index in [-0.39, 0.29) is 5.02 Å². The largest absolute Gasteiger partial charge is 0.416 e. The van der Waals surface area contributed by atoms with Crippen molar-refractivity contribution < 1.29 is 26.4 Å². The van der Waals surface area contributed by atoms with E-state index < -0.39 is 39.9 Å². The number of rotatable bonds is 4. The first-order valence-electron chi connectivity index (χ1n) is 5.05. The molecule has 20 heavy (non-hydrogen) atoms. The summed E-state index contributed by atoms with van der Waals surface area (Å²) in [5.41, 5.74) is 3.35. The number of sulfonamides is 1. The number of nitrogens with zero attached hydrogens (tertiary/aromatic N) is 1. The summed E-state index contributed by atoms with van der Waals surface area (Å²) in [5.74, 6) is -1.02. The zero-order chi connectivity index (χ0) is 15.7. The maximum Gasteiger partial charge on any atom is 0.416 e. The van der Waals surface area contributed by atoms with Gasteiger partial charge in [-0.15, -0.1) is 0 Å². The van der Waals surface area contributed by atoms with Crippen LogP contribution in [0.3, 0.4) is 0 Å². The second-order valence-electron chi connectivity index (χ2n) is 3.90. The van der Waals surface area contributed by atoms with Crippen molar-refractivity contribution in [1.29, 1.82) is 0 Å². The van der Waals surface area contributed by atoms with Crippen LogP contribution in [-0.2, 0) is 21.0 Å². The smallest absolute Gasteiger partial charge is 0.368 e. The van der Waals surface area contributed by atoms with E-state index >= 15 is 0 Å². The van der Waals surface area contributed by atoms with Gasteiger partial charge in [0.2, 0.25) is 15.9 Å². The van der Waals surface area contributed by atoms with Gasteiger partial charge in [0, 0.05) is 0 Å². The molecule has 0 aromatic heterocycles. The van der Waals surface area contributed by atoms with Crippen molar-refractivity contribution in [2.45, 2.75) is 6.18 Å². The molecule has 0 heterocycles. The summed E-state index contributed by atoms with van der Waals surface area (Å²) in [5, 5.41) is -0.246. The van der Waals surface area contributed by atoms with Gasteiger partial charge in [0.05, 0.1) is 22.5 Å². The highest BCUT2D eigenvalue weighted by Gasteiger charge is 2.32. The monoisotopic (exact) mass is 330 g/mol. The summed E-state index contributed by atoms with van der Waals surface area (Å²) >= 11 is 5.70. The molecule has 0 fully saturated rings. The fraction of sp³-hybridized carbons (Fsp3) is 0.300. The van der Waals surface area contributed by atoms with Crippen LogP contribution in [0.1, 0.15) is 5.56 Å². The van der Waals surface area contributed by atoms with Crippen molar-refractivity contribution in [3.05, 3.63) is 28.8 Å². The Labute approximate surface area is 118 Å². The van der Waals surface area contributed by atoms with E-state index in [0.717, 1.165) is 12.3 Å². The third-order valence-corrected chi connectivity index (χ3v) is 3.69. The zero-order valence-corrected chi connectivity index (χ0v) is 11.7. The average molecular weight is 331 g/mol. The zero-order valence-electron chi connectivity index (χ0n) is 10.1. The minimum atomic E-state index is -4.67. The minimum Gasteiger partial charge on any atom is -0.368 e. The number of amides is 1. The lowest BCUT2D eigenvalue weighted by Crippen LogP contribution is -2.38. The molecular weight excluding hydrogens is 321 g/mol. The SMILES string of the molecule is CS(=O)(=O)N(CC(N)=O)c1cc(C(F)(F)F)ccc1Cl. The molecule has 0 aliphatic rings. The highest BCUT2D eigenvalue weighted by atomic mass is 35.5. The van der Waals surface area contributed by atoms with E-state index in [1.807, 2.05) is 0 Å². The molecule has 5 nitrogen and oxygen atoms in total. The Kier molecular flexibility index (Phi) is 4.55. The summed E-state index contributed by atoms with van der Waals surface area (Å²) in [4.78, 5) is 10.9. The molecule has 0 unspecified atom stereocenters. The van der Waals surface area contributed by atoms with E-state index in [4.69, 9.17) is 17.3 Å². The lowest BCUT2D eigenvalue weighted by atomic mass is 10.2. The van der Waals surface area contributed by atoms with Crippen molar-refractivity contribution in [3.8, 4) is 0 Å². The fourth-order valence-electron chi connectivity index (χ4n) is 1.40. The Balaban J connectivity index is 3.44. The minimum absolute atomic E-state index is 0.246. The summed E-state index contributed by atoms with van der Waals surface area (Å²) in [7, 11) is -4.02. The van der Waals surface area contributed by atoms with E-state index in [1.54, 1.807) is 0 Å². The quantitative estimate of drug-likeness (QED) is 0.910. The van der Waals surface area contributed by atoms with Crippen LogP contribution in [0.15, 0.2) is 18.2 Å². The molecule has 0 radical (unpaired) electrons. The third kappa shape index (κ3) is 4.01. The van der Waals surface area contributed by atoms with Crippen LogP contribution in [0.25, 0.3) is 0 Å². The number of anilines is 1. The Morgan fingerprint density at radius 3 is 2.35 bits per heavy atom. The average Bonchev–Trinajstić information content (AvgIpc) is 2.23. The standard InChI is InChI=1S/C10H10ClF3N2O3S/c1-20(18,19)16(5-9(15)17)8-4-6(10(12,13)14)2-3-7(8)11/h2-4H,5H2,1H3,(H2,15,17). The molecule has 1 rings (SSSR count). The molecule has 2 N–H and O–H groups in total. The normalized spacial score (nSPS) is 12.2. The molecule has 0 bridgehead atoms. The first-order chi connectivity index (χ1) is 8.93. The van der Waals surface area contributed by atoms with Gasteiger partial charge < -0.3 is 5.73 Å². The lowest BCUT2D eigenvalue weighted by Gasteiger charge is -2.22. The number of nitrogens with two attached hydrogens (primary N) is 1. The number of halogens is 4. The highest BCUT2D eigenvalue weighted by molar-refractivity contribution is 7.92. The summed E-state index contributed by atoms with van der Waals surface area (Å²) in [6, 6.07) is 2.15. The van der Waals surface area contributed by atoms with Gasteiger partial charge >= 0.3 is 6.18 Å². The van der Waals surface area contributed by atoms with Gasteiger partial charge in [0.25, 0.3) is 0 Å². The number of primary amides is 1. The van der Waals surface area contributed by atoms with Gasteiger partial charge in [0.15, 0.2) is 0 Å². The fourth-order valence-corrected chi connectivity index (χ4v) is 2.54. The number of benzene rings is 1. The maximum absolute atomic E-state index is 12.6. The second-order valence-corrected chi connectivity index (χ2v) is 6.21. The molecule has 1 aromatic carbocycles. The number of carbonyl (C=O) groups is 1. The van der Waals surface area contributed by atoms with Crippen molar-refractivity contribution >= 4 is 33.2 Å². The van der Waals surface area contributed by atoms with Crippen molar-refractivity contribution in [2.75, 3.05) is 17.1 Å². The number of carbonyl (C=O) groups excluding carboxylic acids is 1. The van der Waals surface area contributed by atoms with E-state index in [0.29, 0.717) is 16.4 Å². The van der Waals surface area contributed by atoms with Crippen molar-refractivity contribution in [2.24, 2.45) is 5.73 Å². The van der Waals surface area contributed by atoms with Crippen LogP contribution in [0.4, 0.5) is 18.9 Å². The molecular formula is C10H10ClF3N2O3S. The van der Waals surface area contributed by atoms with Crippen LogP contribution in [-0.4, -0.2) is 27.1 Å². The highest BCUT2D eigenvalue weighted by Crippen LogP contribution is 2.36. The number of hydrogen-bond donors (Lipinski definition) is 1. The lowest BCUT2D eigenvalue weighted by molar-refractivity contribution is -0.137. The predicted molar refractivity (Wildman–Crippen MR) is 67.8 cm³/mol. The van der Waals surface area contributed by atoms with Gasteiger partial charge in [-0.05, 0) is 18.2 Å². The molecule has 0 aliphatic heterocycles. The van der Waals surface area contributed by atoms with Gasteiger partial charge in [0.1, 0.15) is 6.54 Å². The van der Waals surface area contributed by atoms with Crippen LogP contribution in [0.2, 0.25) is 5.02 Å². The van der Waals surface area contributed by atoms with Crippen LogP contribution < -0.4 is 10.0 Å². The first kappa shape index (κ1) is 16.6. The molecule has 1 aromatic rings. The number of hydrogen-bond acceptors (Lipinski definition) is 3. The molecule has 10 heteroatoms. The second kappa shape index (κ2) is 5.49. The molecule has 1 amide bonds. The Hall–Kier alpha value is -1.48. The van der Waals surface area contributed by atoms with Gasteiger partial charge in [-0.2, -0.15) is 13.2 Å². The predicted octanol–water partition coefficient (Wildman–Crippen LogP) is 1.61. The summed E-state index contributed by atoms with van der Waals surface area (Å²) < 4.78 is 61.4. The van der Waals surface area contributed by atoms with E-state index in [9.17, 15) is 26.4 Å². The molecule has 0 saturated carbocycles. The number of alkyl halides is 3. The Morgan fingerprint density at radius 2 is 1.95 bits per heavy atom. The maximum atomic E-state index is 12.6. The summed E-state index contributed by atoms with van der Waals surface area (Å²) in [6.07, 6.45) is -3.94. The first-order valence-corrected chi connectivity index (χ1v) is 7.28. The third-order valence-electron chi connectivity index (χ3n) is 2.24. The van der Waals surface area contributed by atoms with Crippen molar-refractivity contribution in [3.63, 3.8) is 0 Å². The van der Waals surface area contributed by atoms with E-state index in [2.05, 4.69) is 0 Å². The van der Waals surface area contributed by atoms with Crippen molar-refractivity contribution in [1.82, 2.24) is 0 Å². The van der Waals surface area contributed by atoms with Gasteiger partial charge in [-0.3, -0.25) is 9.10 Å². The summed E-state index contributed by atoms with van der Waals surface area (Å²) in [6.45, 7) is -0.806. The van der Waals surface area contributed by atoms with E-state index in [1.165, 1.54) is 0 Å². The Morgan fingerprint density at radius 1 is 1.40 bits per heavy atom. The molecule has 0 spiro atoms. The van der Waals surface area contributed by atoms with Gasteiger partial charge in [-0.1, -0.05) is 11.6 Å². The molecule has 0 aliphatic carbocycles. The molecule has 0 saturated heterocycles. The molecule has 0 atom stereocenters. The van der Waals surface area contributed by atoms with Gasteiger partial charge in [-0.25, -0.2) is 8.42 Å². The topological polar surface area (TPSA) is 80.5 Å². The van der Waals surface area contributed by atoms with Crippen LogP contribution in [0.5, 0.6) is 0 Å². The van der Waals surface area contributed by atoms with Crippen LogP contribution >= 0.6 is 11.6 Å². The molecule has 112 valence electrons.